The number of hydrogen-bond acceptors (Lipinski definition) is 6. The van der Waals surface area contributed by atoms with Crippen LogP contribution in [0.1, 0.15) is 38.1 Å². The van der Waals surface area contributed by atoms with Gasteiger partial charge in [-0.1, -0.05) is 12.1 Å². The van der Waals surface area contributed by atoms with Gasteiger partial charge in [-0.3, -0.25) is 14.6 Å². The summed E-state index contributed by atoms with van der Waals surface area (Å²) in [5.41, 5.74) is 1.03. The zero-order valence-corrected chi connectivity index (χ0v) is 20.8. The molecule has 2 aliphatic rings. The van der Waals surface area contributed by atoms with Crippen molar-refractivity contribution in [2.75, 3.05) is 53.0 Å². The fourth-order valence-corrected chi connectivity index (χ4v) is 4.93. The molecule has 1 aromatic carbocycles. The van der Waals surface area contributed by atoms with E-state index in [4.69, 9.17) is 9.47 Å². The molecule has 3 heterocycles. The number of benzene rings is 1. The van der Waals surface area contributed by atoms with Gasteiger partial charge in [-0.15, -0.1) is 0 Å². The minimum absolute atomic E-state index is 0.101. The first kappa shape index (κ1) is 24.7. The van der Waals surface area contributed by atoms with Gasteiger partial charge in [0.2, 0.25) is 5.91 Å². The van der Waals surface area contributed by atoms with Crippen LogP contribution in [0.15, 0.2) is 36.7 Å². The molecule has 0 bridgehead atoms. The number of piperazine rings is 1. The van der Waals surface area contributed by atoms with Crippen LogP contribution >= 0.6 is 0 Å². The summed E-state index contributed by atoms with van der Waals surface area (Å²) in [6.07, 6.45) is 5.29. The van der Waals surface area contributed by atoms with E-state index in [0.717, 1.165) is 70.2 Å². The number of carbonyl (C=O) groups excluding carboxylic acids is 1. The van der Waals surface area contributed by atoms with Crippen molar-refractivity contribution in [3.63, 3.8) is 0 Å². The highest BCUT2D eigenvalue weighted by Crippen LogP contribution is 2.30. The lowest BCUT2D eigenvalue weighted by Gasteiger charge is -2.40. The molecule has 2 fully saturated rings. The van der Waals surface area contributed by atoms with Crippen LogP contribution < -0.4 is 4.74 Å². The van der Waals surface area contributed by atoms with Crippen LogP contribution in [-0.2, 0) is 22.6 Å². The summed E-state index contributed by atoms with van der Waals surface area (Å²) in [6, 6.07) is 8.31. The maximum Gasteiger partial charge on any atom is 0.225 e. The largest absolute Gasteiger partial charge is 0.492 e. The molecule has 8 heteroatoms. The molecule has 0 unspecified atom stereocenters. The first-order valence-electron chi connectivity index (χ1n) is 12.4. The van der Waals surface area contributed by atoms with Gasteiger partial charge < -0.3 is 19.4 Å². The van der Waals surface area contributed by atoms with Gasteiger partial charge in [0.05, 0.1) is 12.1 Å². The van der Waals surface area contributed by atoms with E-state index in [-0.39, 0.29) is 11.5 Å². The molecule has 0 radical (unpaired) electrons. The van der Waals surface area contributed by atoms with Crippen LogP contribution in [0.3, 0.4) is 0 Å². The Bertz CT molecular complexity index is 909. The number of carbonyl (C=O) groups is 1. The number of aromatic nitrogens is 2. The number of H-pyrrole nitrogens is 1. The molecule has 0 spiro atoms. The van der Waals surface area contributed by atoms with Crippen molar-refractivity contribution in [3.8, 4) is 5.75 Å². The Hall–Kier alpha value is -2.42. The number of ether oxygens (including phenoxy) is 2. The van der Waals surface area contributed by atoms with Gasteiger partial charge in [-0.25, -0.2) is 4.98 Å². The summed E-state index contributed by atoms with van der Waals surface area (Å²) in [5, 5.41) is 0. The number of aromatic amines is 1. The van der Waals surface area contributed by atoms with Gasteiger partial charge in [0, 0.05) is 64.2 Å². The number of amides is 1. The zero-order chi connectivity index (χ0) is 24.0. The molecule has 2 aromatic rings. The highest BCUT2D eigenvalue weighted by molar-refractivity contribution is 5.79. The molecular weight excluding hydrogens is 430 g/mol. The molecule has 0 saturated carbocycles. The molecule has 0 aliphatic carbocycles. The van der Waals surface area contributed by atoms with Crippen molar-refractivity contribution in [1.82, 2.24) is 24.7 Å². The van der Waals surface area contributed by atoms with E-state index in [0.29, 0.717) is 19.1 Å². The van der Waals surface area contributed by atoms with Gasteiger partial charge in [0.25, 0.3) is 0 Å². The maximum absolute atomic E-state index is 13.0. The number of imidazole rings is 1. The van der Waals surface area contributed by atoms with E-state index >= 15 is 0 Å². The van der Waals surface area contributed by atoms with Gasteiger partial charge >= 0.3 is 0 Å². The van der Waals surface area contributed by atoms with Crippen molar-refractivity contribution in [1.29, 1.82) is 0 Å². The SMILES string of the molecule is CN(Cc1cccc(OCCN2CCN(C(=O)[C@@H]3CCOC(C)(C)C3)CC2)c1)Cc1ncc[nH]1. The first-order valence-corrected chi connectivity index (χ1v) is 12.4. The second-order valence-corrected chi connectivity index (χ2v) is 10.2. The van der Waals surface area contributed by atoms with Crippen LogP contribution in [0.4, 0.5) is 0 Å². The topological polar surface area (TPSA) is 73.9 Å². The number of hydrogen-bond donors (Lipinski definition) is 1. The minimum Gasteiger partial charge on any atom is -0.492 e. The highest BCUT2D eigenvalue weighted by Gasteiger charge is 2.35. The molecule has 1 N–H and O–H groups in total. The molecule has 34 heavy (non-hydrogen) atoms. The first-order chi connectivity index (χ1) is 16.4. The Morgan fingerprint density at radius 3 is 2.82 bits per heavy atom. The molecule has 1 atom stereocenters. The van der Waals surface area contributed by atoms with Crippen molar-refractivity contribution >= 4 is 5.91 Å². The minimum atomic E-state index is -0.191. The van der Waals surface area contributed by atoms with Crippen LogP contribution in [-0.4, -0.2) is 89.2 Å². The van der Waals surface area contributed by atoms with E-state index in [1.807, 2.05) is 23.2 Å². The summed E-state index contributed by atoms with van der Waals surface area (Å²) >= 11 is 0. The Labute approximate surface area is 203 Å². The van der Waals surface area contributed by atoms with Crippen molar-refractivity contribution in [3.05, 3.63) is 48.0 Å². The van der Waals surface area contributed by atoms with Gasteiger partial charge in [0.15, 0.2) is 0 Å². The third kappa shape index (κ3) is 7.04. The quantitative estimate of drug-likeness (QED) is 0.609. The van der Waals surface area contributed by atoms with Gasteiger partial charge in [0.1, 0.15) is 18.2 Å². The molecule has 2 aliphatic heterocycles. The monoisotopic (exact) mass is 469 g/mol. The normalized spacial score (nSPS) is 21.1. The molecule has 8 nitrogen and oxygen atoms in total. The van der Waals surface area contributed by atoms with Crippen LogP contribution in [0.2, 0.25) is 0 Å². The Morgan fingerprint density at radius 2 is 2.09 bits per heavy atom. The van der Waals surface area contributed by atoms with Crippen LogP contribution in [0.5, 0.6) is 5.75 Å². The molecular formula is C26H39N5O3. The number of nitrogens with one attached hydrogen (secondary N) is 1. The lowest BCUT2D eigenvalue weighted by atomic mass is 9.87. The molecule has 1 amide bonds. The fraction of sp³-hybridized carbons (Fsp3) is 0.615. The van der Waals surface area contributed by atoms with E-state index in [2.05, 4.69) is 52.8 Å². The molecule has 1 aromatic heterocycles. The van der Waals surface area contributed by atoms with E-state index in [9.17, 15) is 4.79 Å². The molecule has 2 saturated heterocycles. The standard InChI is InChI=1S/C26H39N5O3/c1-26(2)18-22(7-15-34-26)25(32)31-12-10-30(11-13-31)14-16-33-23-6-4-5-21(17-23)19-29(3)20-24-27-8-9-28-24/h4-6,8-9,17,22H,7,10-16,18-20H2,1-3H3,(H,27,28)/t22-/m1/s1. The number of rotatable bonds is 9. The van der Waals surface area contributed by atoms with Crippen molar-refractivity contribution in [2.45, 2.75) is 45.4 Å². The smallest absolute Gasteiger partial charge is 0.225 e. The molecule has 4 rings (SSSR count). The summed E-state index contributed by atoms with van der Waals surface area (Å²) in [7, 11) is 2.09. The summed E-state index contributed by atoms with van der Waals surface area (Å²) in [5.74, 6) is 2.28. The summed E-state index contributed by atoms with van der Waals surface area (Å²) in [6.45, 7) is 11.4. The third-order valence-electron chi connectivity index (χ3n) is 6.73. The second kappa shape index (κ2) is 11.3. The van der Waals surface area contributed by atoms with E-state index in [1.54, 1.807) is 6.20 Å². The maximum atomic E-state index is 13.0. The van der Waals surface area contributed by atoms with Crippen molar-refractivity contribution in [2.24, 2.45) is 5.92 Å². The summed E-state index contributed by atoms with van der Waals surface area (Å²) in [4.78, 5) is 27.1. The van der Waals surface area contributed by atoms with E-state index < -0.39 is 0 Å². The highest BCUT2D eigenvalue weighted by atomic mass is 16.5. The van der Waals surface area contributed by atoms with Crippen LogP contribution in [0.25, 0.3) is 0 Å². The Balaban J connectivity index is 1.16. The number of nitrogens with zero attached hydrogens (tertiary/aromatic N) is 4. The predicted molar refractivity (Wildman–Crippen MR) is 131 cm³/mol. The van der Waals surface area contributed by atoms with Gasteiger partial charge in [-0.2, -0.15) is 0 Å². The average molecular weight is 470 g/mol. The molecule has 186 valence electrons. The average Bonchev–Trinajstić information content (AvgIpc) is 3.31. The second-order valence-electron chi connectivity index (χ2n) is 10.2. The zero-order valence-electron chi connectivity index (χ0n) is 20.8. The Kier molecular flexibility index (Phi) is 8.24. The lowest BCUT2D eigenvalue weighted by Crippen LogP contribution is -2.52. The van der Waals surface area contributed by atoms with Crippen molar-refractivity contribution < 1.29 is 14.3 Å². The van der Waals surface area contributed by atoms with Gasteiger partial charge in [-0.05, 0) is 51.4 Å². The fourth-order valence-electron chi connectivity index (χ4n) is 4.93. The third-order valence-corrected chi connectivity index (χ3v) is 6.73. The lowest BCUT2D eigenvalue weighted by molar-refractivity contribution is -0.147. The van der Waals surface area contributed by atoms with Crippen LogP contribution in [0, 0.1) is 5.92 Å². The predicted octanol–water partition coefficient (Wildman–Crippen LogP) is 2.77. The summed E-state index contributed by atoms with van der Waals surface area (Å²) < 4.78 is 11.8. The van der Waals surface area contributed by atoms with E-state index in [1.165, 1.54) is 5.56 Å². The Morgan fingerprint density at radius 1 is 1.26 bits per heavy atom.